The Hall–Kier alpha value is -0.850. The molecule has 2 aliphatic heterocycles. The van der Waals surface area contributed by atoms with E-state index >= 15 is 0 Å². The third-order valence-electron chi connectivity index (χ3n) is 3.44. The van der Waals surface area contributed by atoms with E-state index in [2.05, 4.69) is 10.6 Å². The van der Waals surface area contributed by atoms with Gasteiger partial charge in [0.15, 0.2) is 0 Å². The Morgan fingerprint density at radius 3 is 2.61 bits per heavy atom. The molecule has 0 unspecified atom stereocenters. The second kappa shape index (κ2) is 6.92. The summed E-state index contributed by atoms with van der Waals surface area (Å²) in [5, 5.41) is 6.04. The molecule has 2 saturated heterocycles. The van der Waals surface area contributed by atoms with Gasteiger partial charge in [-0.25, -0.2) is 4.79 Å². The van der Waals surface area contributed by atoms with Gasteiger partial charge in [0.1, 0.15) is 0 Å². The lowest BCUT2D eigenvalue weighted by Gasteiger charge is -2.36. The molecular formula is C12H23N3O3. The van der Waals surface area contributed by atoms with Crippen molar-refractivity contribution < 1.29 is 14.3 Å². The number of urea groups is 1. The first kappa shape index (κ1) is 13.6. The zero-order valence-corrected chi connectivity index (χ0v) is 11.0. The largest absolute Gasteiger partial charge is 0.383 e. The fourth-order valence-electron chi connectivity index (χ4n) is 2.20. The van der Waals surface area contributed by atoms with Crippen molar-refractivity contribution in [1.29, 1.82) is 0 Å². The van der Waals surface area contributed by atoms with Gasteiger partial charge in [-0.05, 0) is 12.8 Å². The number of nitrogens with zero attached hydrogens (tertiary/aromatic N) is 1. The molecule has 6 heteroatoms. The molecule has 2 rings (SSSR count). The number of rotatable bonds is 5. The summed E-state index contributed by atoms with van der Waals surface area (Å²) in [6, 6.07) is 0.0100. The van der Waals surface area contributed by atoms with E-state index in [1.165, 1.54) is 0 Å². The van der Waals surface area contributed by atoms with E-state index in [9.17, 15) is 4.79 Å². The predicted molar refractivity (Wildman–Crippen MR) is 67.6 cm³/mol. The third kappa shape index (κ3) is 3.83. The van der Waals surface area contributed by atoms with E-state index in [-0.39, 0.29) is 6.03 Å². The van der Waals surface area contributed by atoms with Gasteiger partial charge in [-0.15, -0.1) is 0 Å². The molecule has 0 aliphatic carbocycles. The number of hydrogen-bond acceptors (Lipinski definition) is 4. The zero-order valence-electron chi connectivity index (χ0n) is 11.0. The molecule has 0 saturated carbocycles. The Balaban J connectivity index is 1.61. The molecule has 0 aromatic rings. The van der Waals surface area contributed by atoms with Gasteiger partial charge >= 0.3 is 6.03 Å². The van der Waals surface area contributed by atoms with Crippen LogP contribution in [0.25, 0.3) is 0 Å². The minimum absolute atomic E-state index is 0.0100. The average Bonchev–Trinajstić information content (AvgIpc) is 2.35. The minimum atomic E-state index is 0.0100. The normalized spacial score (nSPS) is 21.7. The van der Waals surface area contributed by atoms with Crippen molar-refractivity contribution in [3.8, 4) is 0 Å². The topological polar surface area (TPSA) is 62.8 Å². The van der Waals surface area contributed by atoms with Gasteiger partial charge in [0.25, 0.3) is 0 Å². The molecule has 2 fully saturated rings. The number of hydrogen-bond donors (Lipinski definition) is 2. The Morgan fingerprint density at radius 2 is 2.06 bits per heavy atom. The number of carbonyl (C=O) groups excluding carboxylic acids is 1. The minimum Gasteiger partial charge on any atom is -0.383 e. The van der Waals surface area contributed by atoms with Crippen molar-refractivity contribution in [2.45, 2.75) is 25.0 Å². The van der Waals surface area contributed by atoms with Crippen LogP contribution in [0.4, 0.5) is 4.79 Å². The molecule has 2 N–H and O–H groups in total. The lowest BCUT2D eigenvalue weighted by molar-refractivity contribution is -0.0579. The number of likely N-dealkylation sites (tertiary alicyclic amines) is 1. The predicted octanol–water partition coefficient (Wildman–Crippen LogP) is -0.205. The third-order valence-corrected chi connectivity index (χ3v) is 3.44. The summed E-state index contributed by atoms with van der Waals surface area (Å²) >= 11 is 0. The highest BCUT2D eigenvalue weighted by molar-refractivity contribution is 5.74. The average molecular weight is 257 g/mol. The van der Waals surface area contributed by atoms with Crippen molar-refractivity contribution in [2.75, 3.05) is 46.4 Å². The summed E-state index contributed by atoms with van der Waals surface area (Å²) in [4.78, 5) is 13.6. The van der Waals surface area contributed by atoms with Gasteiger partial charge in [0.05, 0.1) is 18.8 Å². The van der Waals surface area contributed by atoms with Crippen LogP contribution in [0.15, 0.2) is 0 Å². The molecular weight excluding hydrogens is 234 g/mol. The van der Waals surface area contributed by atoms with E-state index in [1.54, 1.807) is 7.11 Å². The smallest absolute Gasteiger partial charge is 0.317 e. The van der Waals surface area contributed by atoms with Crippen LogP contribution in [0.2, 0.25) is 0 Å². The number of carbonyl (C=O) groups is 1. The molecule has 0 atom stereocenters. The second-order valence-corrected chi connectivity index (χ2v) is 4.83. The first-order chi connectivity index (χ1) is 8.79. The van der Waals surface area contributed by atoms with Crippen LogP contribution < -0.4 is 10.6 Å². The SMILES string of the molecule is COCCNC(=O)N1CCC(OC2CNC2)CC1. The number of methoxy groups -OCH3 is 1. The maximum Gasteiger partial charge on any atom is 0.317 e. The summed E-state index contributed by atoms with van der Waals surface area (Å²) in [5.74, 6) is 0. The van der Waals surface area contributed by atoms with Crippen LogP contribution >= 0.6 is 0 Å². The molecule has 2 heterocycles. The van der Waals surface area contributed by atoms with Gasteiger partial charge in [0.2, 0.25) is 0 Å². The highest BCUT2D eigenvalue weighted by Crippen LogP contribution is 2.16. The van der Waals surface area contributed by atoms with Crippen LogP contribution in [0, 0.1) is 0 Å². The van der Waals surface area contributed by atoms with Crippen molar-refractivity contribution in [2.24, 2.45) is 0 Å². The summed E-state index contributed by atoms with van der Waals surface area (Å²) in [6.07, 6.45) is 2.58. The lowest BCUT2D eigenvalue weighted by Crippen LogP contribution is -2.52. The van der Waals surface area contributed by atoms with Gasteiger partial charge in [-0.2, -0.15) is 0 Å². The van der Waals surface area contributed by atoms with Crippen LogP contribution in [0.1, 0.15) is 12.8 Å². The van der Waals surface area contributed by atoms with Crippen LogP contribution in [-0.2, 0) is 9.47 Å². The van der Waals surface area contributed by atoms with Crippen LogP contribution in [0.3, 0.4) is 0 Å². The molecule has 18 heavy (non-hydrogen) atoms. The zero-order chi connectivity index (χ0) is 12.8. The van der Waals surface area contributed by atoms with E-state index in [1.807, 2.05) is 4.90 Å². The van der Waals surface area contributed by atoms with Gasteiger partial charge in [-0.1, -0.05) is 0 Å². The van der Waals surface area contributed by atoms with Crippen molar-refractivity contribution >= 4 is 6.03 Å². The highest BCUT2D eigenvalue weighted by atomic mass is 16.5. The molecule has 0 radical (unpaired) electrons. The quantitative estimate of drug-likeness (QED) is 0.669. The van der Waals surface area contributed by atoms with Gasteiger partial charge in [-0.3, -0.25) is 0 Å². The summed E-state index contributed by atoms with van der Waals surface area (Å²) in [6.45, 7) is 4.63. The number of piperidine rings is 1. The fourth-order valence-corrected chi connectivity index (χ4v) is 2.20. The summed E-state index contributed by atoms with van der Waals surface area (Å²) in [7, 11) is 1.63. The number of nitrogens with one attached hydrogen (secondary N) is 2. The van der Waals surface area contributed by atoms with Gasteiger partial charge in [0, 0.05) is 39.8 Å². The molecule has 0 aromatic carbocycles. The summed E-state index contributed by atoms with van der Waals surface area (Å²) < 4.78 is 10.8. The van der Waals surface area contributed by atoms with Crippen LogP contribution in [0.5, 0.6) is 0 Å². The summed E-state index contributed by atoms with van der Waals surface area (Å²) in [5.41, 5.74) is 0. The standard InChI is InChI=1S/C12H23N3O3/c1-17-7-4-14-12(16)15-5-2-10(3-6-15)18-11-8-13-9-11/h10-11,13H,2-9H2,1H3,(H,14,16). The van der Waals surface area contributed by atoms with E-state index in [0.717, 1.165) is 39.0 Å². The van der Waals surface area contributed by atoms with Crippen molar-refractivity contribution in [1.82, 2.24) is 15.5 Å². The van der Waals surface area contributed by atoms with Crippen LogP contribution in [-0.4, -0.2) is 69.6 Å². The Labute approximate surface area is 108 Å². The van der Waals surface area contributed by atoms with E-state index in [0.29, 0.717) is 25.4 Å². The fraction of sp³-hybridized carbons (Fsp3) is 0.917. The van der Waals surface area contributed by atoms with Gasteiger partial charge < -0.3 is 25.0 Å². The number of ether oxygens (including phenoxy) is 2. The first-order valence-corrected chi connectivity index (χ1v) is 6.67. The van der Waals surface area contributed by atoms with Crippen molar-refractivity contribution in [3.05, 3.63) is 0 Å². The molecule has 2 amide bonds. The molecule has 6 nitrogen and oxygen atoms in total. The molecule has 0 bridgehead atoms. The Kier molecular flexibility index (Phi) is 5.22. The first-order valence-electron chi connectivity index (χ1n) is 6.67. The Morgan fingerprint density at radius 1 is 1.33 bits per heavy atom. The lowest BCUT2D eigenvalue weighted by atomic mass is 10.1. The Bertz CT molecular complexity index is 263. The molecule has 0 spiro atoms. The van der Waals surface area contributed by atoms with E-state index < -0.39 is 0 Å². The molecule has 2 aliphatic rings. The maximum atomic E-state index is 11.8. The second-order valence-electron chi connectivity index (χ2n) is 4.83. The van der Waals surface area contributed by atoms with E-state index in [4.69, 9.17) is 9.47 Å². The number of amides is 2. The van der Waals surface area contributed by atoms with Crippen molar-refractivity contribution in [3.63, 3.8) is 0 Å². The monoisotopic (exact) mass is 257 g/mol. The molecule has 104 valence electrons. The highest BCUT2D eigenvalue weighted by Gasteiger charge is 2.27. The maximum absolute atomic E-state index is 11.8. The molecule has 0 aromatic heterocycles.